The van der Waals surface area contributed by atoms with E-state index >= 15 is 0 Å². The van der Waals surface area contributed by atoms with Crippen molar-refractivity contribution in [1.82, 2.24) is 10.2 Å². The van der Waals surface area contributed by atoms with Crippen molar-refractivity contribution in [3.8, 4) is 0 Å². The number of hydrogen-bond donors (Lipinski definition) is 0. The number of hydrogen-bond acceptors (Lipinski definition) is 4. The van der Waals surface area contributed by atoms with Gasteiger partial charge in [0.2, 0.25) is 5.13 Å². The van der Waals surface area contributed by atoms with Crippen LogP contribution in [0.1, 0.15) is 53.9 Å². The average molecular weight is 422 g/mol. The molecule has 4 bridgehead atoms. The fourth-order valence-electron chi connectivity index (χ4n) is 5.90. The van der Waals surface area contributed by atoms with Crippen molar-refractivity contribution in [2.24, 2.45) is 17.8 Å². The standard InChI is InChI=1S/C20H21Cl2N3OS/c1-25(17(26)14-5-15(21)7-16(22)6-14)19-24-23-18(27-19)20-8-11-2-12(9-20)4-13(3-11)10-20/h5-7,11-13H,2-4,8-10H2,1H3. The molecule has 4 fully saturated rings. The van der Waals surface area contributed by atoms with Crippen LogP contribution in [0.25, 0.3) is 0 Å². The Bertz CT molecular complexity index is 857. The van der Waals surface area contributed by atoms with Crippen molar-refractivity contribution in [1.29, 1.82) is 0 Å². The van der Waals surface area contributed by atoms with E-state index < -0.39 is 0 Å². The van der Waals surface area contributed by atoms with Gasteiger partial charge in [-0.05, 0) is 74.5 Å². The summed E-state index contributed by atoms with van der Waals surface area (Å²) < 4.78 is 0. The molecule has 0 unspecified atom stereocenters. The zero-order chi connectivity index (χ0) is 18.8. The van der Waals surface area contributed by atoms with E-state index in [2.05, 4.69) is 10.2 Å². The predicted octanol–water partition coefficient (Wildman–Crippen LogP) is 5.59. The van der Waals surface area contributed by atoms with Gasteiger partial charge in [0.05, 0.1) is 0 Å². The number of halogens is 2. The first-order valence-corrected chi connectivity index (χ1v) is 11.1. The van der Waals surface area contributed by atoms with E-state index in [-0.39, 0.29) is 11.3 Å². The highest BCUT2D eigenvalue weighted by Gasteiger charge is 2.53. The minimum absolute atomic E-state index is 0.174. The third-order valence-electron chi connectivity index (χ3n) is 6.61. The van der Waals surface area contributed by atoms with E-state index in [4.69, 9.17) is 23.2 Å². The molecule has 1 aromatic carbocycles. The topological polar surface area (TPSA) is 46.1 Å². The molecule has 6 rings (SSSR count). The minimum atomic E-state index is -0.174. The van der Waals surface area contributed by atoms with Crippen LogP contribution >= 0.6 is 34.5 Å². The summed E-state index contributed by atoms with van der Waals surface area (Å²) in [6.45, 7) is 0. The lowest BCUT2D eigenvalue weighted by atomic mass is 9.50. The average Bonchev–Trinajstić information content (AvgIpc) is 3.09. The van der Waals surface area contributed by atoms with Gasteiger partial charge in [0.15, 0.2) is 0 Å². The molecule has 1 heterocycles. The first-order chi connectivity index (χ1) is 12.9. The maximum atomic E-state index is 12.9. The van der Waals surface area contributed by atoms with E-state index in [9.17, 15) is 4.79 Å². The molecule has 0 spiro atoms. The number of nitrogens with zero attached hydrogens (tertiary/aromatic N) is 3. The fraction of sp³-hybridized carbons (Fsp3) is 0.550. The number of carbonyl (C=O) groups excluding carboxylic acids is 1. The van der Waals surface area contributed by atoms with Crippen LogP contribution in [0.2, 0.25) is 10.0 Å². The summed E-state index contributed by atoms with van der Waals surface area (Å²) in [7, 11) is 1.74. The van der Waals surface area contributed by atoms with Crippen LogP contribution < -0.4 is 4.90 Å². The Hall–Kier alpha value is -1.17. The highest BCUT2D eigenvalue weighted by molar-refractivity contribution is 7.15. The van der Waals surface area contributed by atoms with Crippen molar-refractivity contribution in [3.05, 3.63) is 38.8 Å². The molecule has 0 radical (unpaired) electrons. The van der Waals surface area contributed by atoms with Gasteiger partial charge in [-0.1, -0.05) is 34.5 Å². The lowest BCUT2D eigenvalue weighted by molar-refractivity contribution is -0.00555. The molecule has 0 saturated heterocycles. The van der Waals surface area contributed by atoms with Crippen LogP contribution in [-0.2, 0) is 5.41 Å². The van der Waals surface area contributed by atoms with Crippen LogP contribution in [0.3, 0.4) is 0 Å². The third kappa shape index (κ3) is 3.08. The zero-order valence-electron chi connectivity index (χ0n) is 15.1. The van der Waals surface area contributed by atoms with Crippen LogP contribution in [0, 0.1) is 17.8 Å². The number of amides is 1. The van der Waals surface area contributed by atoms with Gasteiger partial charge in [0.1, 0.15) is 5.01 Å². The SMILES string of the molecule is CN(C(=O)c1cc(Cl)cc(Cl)c1)c1nnc(C23CC4CC(CC(C4)C2)C3)s1. The smallest absolute Gasteiger partial charge is 0.259 e. The third-order valence-corrected chi connectivity index (χ3v) is 8.29. The first kappa shape index (κ1) is 17.9. The highest BCUT2D eigenvalue weighted by Crippen LogP contribution is 2.61. The molecule has 0 N–H and O–H groups in total. The molecule has 4 saturated carbocycles. The van der Waals surface area contributed by atoms with Crippen molar-refractivity contribution in [2.45, 2.75) is 43.9 Å². The molecule has 7 heteroatoms. The quantitative estimate of drug-likeness (QED) is 0.648. The summed E-state index contributed by atoms with van der Waals surface area (Å²) in [4.78, 5) is 14.4. The van der Waals surface area contributed by atoms with Crippen LogP contribution in [0.4, 0.5) is 5.13 Å². The molecule has 27 heavy (non-hydrogen) atoms. The largest absolute Gasteiger partial charge is 0.286 e. The van der Waals surface area contributed by atoms with Crippen LogP contribution in [0.15, 0.2) is 18.2 Å². The first-order valence-electron chi connectivity index (χ1n) is 9.50. The molecule has 4 nitrogen and oxygen atoms in total. The van der Waals surface area contributed by atoms with Crippen molar-refractivity contribution >= 4 is 45.6 Å². The summed E-state index contributed by atoms with van der Waals surface area (Å²) in [6, 6.07) is 4.89. The summed E-state index contributed by atoms with van der Waals surface area (Å²) in [5, 5.41) is 11.6. The molecule has 4 aliphatic rings. The van der Waals surface area contributed by atoms with E-state index in [1.807, 2.05) is 0 Å². The summed E-state index contributed by atoms with van der Waals surface area (Å²) >= 11 is 13.7. The van der Waals surface area contributed by atoms with Gasteiger partial charge in [-0.25, -0.2) is 0 Å². The van der Waals surface area contributed by atoms with Gasteiger partial charge in [0.25, 0.3) is 5.91 Å². The second-order valence-electron chi connectivity index (χ2n) is 8.61. The highest BCUT2D eigenvalue weighted by atomic mass is 35.5. The predicted molar refractivity (Wildman–Crippen MR) is 109 cm³/mol. The van der Waals surface area contributed by atoms with Crippen molar-refractivity contribution in [3.63, 3.8) is 0 Å². The normalized spacial score (nSPS) is 31.3. The number of rotatable bonds is 3. The van der Waals surface area contributed by atoms with Crippen molar-refractivity contribution < 1.29 is 4.79 Å². The molecule has 0 atom stereocenters. The van der Waals surface area contributed by atoms with Gasteiger partial charge >= 0.3 is 0 Å². The molecule has 1 amide bonds. The van der Waals surface area contributed by atoms with Gasteiger partial charge < -0.3 is 0 Å². The molecular weight excluding hydrogens is 401 g/mol. The summed E-state index contributed by atoms with van der Waals surface area (Å²) in [6.07, 6.45) is 7.94. The Morgan fingerprint density at radius 1 is 1.04 bits per heavy atom. The number of aromatic nitrogens is 2. The Kier molecular flexibility index (Phi) is 4.26. The van der Waals surface area contributed by atoms with Crippen molar-refractivity contribution in [2.75, 3.05) is 11.9 Å². The minimum Gasteiger partial charge on any atom is -0.286 e. The Morgan fingerprint density at radius 2 is 1.59 bits per heavy atom. The monoisotopic (exact) mass is 421 g/mol. The molecule has 2 aromatic rings. The maximum Gasteiger partial charge on any atom is 0.259 e. The van der Waals surface area contributed by atoms with Crippen LogP contribution in [0.5, 0.6) is 0 Å². The van der Waals surface area contributed by atoms with E-state index in [1.54, 1.807) is 41.5 Å². The van der Waals surface area contributed by atoms with Crippen LogP contribution in [-0.4, -0.2) is 23.2 Å². The molecule has 0 aliphatic heterocycles. The van der Waals surface area contributed by atoms with E-state index in [0.29, 0.717) is 20.7 Å². The second-order valence-corrected chi connectivity index (χ2v) is 10.4. The number of benzene rings is 1. The number of carbonyl (C=O) groups is 1. The lowest BCUT2D eigenvalue weighted by Gasteiger charge is -2.55. The number of anilines is 1. The van der Waals surface area contributed by atoms with Gasteiger partial charge in [-0.2, -0.15) is 0 Å². The fourth-order valence-corrected chi connectivity index (χ4v) is 7.44. The second kappa shape index (κ2) is 6.43. The van der Waals surface area contributed by atoms with Gasteiger partial charge in [0, 0.05) is 28.1 Å². The van der Waals surface area contributed by atoms with Gasteiger partial charge in [-0.3, -0.25) is 9.69 Å². The zero-order valence-corrected chi connectivity index (χ0v) is 17.4. The Labute approximate surface area is 172 Å². The summed E-state index contributed by atoms with van der Waals surface area (Å²) in [5.41, 5.74) is 0.662. The Balaban J connectivity index is 1.41. The molecule has 142 valence electrons. The van der Waals surface area contributed by atoms with E-state index in [0.717, 1.165) is 22.8 Å². The summed E-state index contributed by atoms with van der Waals surface area (Å²) in [5.74, 6) is 2.40. The lowest BCUT2D eigenvalue weighted by Crippen LogP contribution is -2.48. The molecule has 1 aromatic heterocycles. The van der Waals surface area contributed by atoms with E-state index in [1.165, 1.54) is 38.5 Å². The Morgan fingerprint density at radius 3 is 2.15 bits per heavy atom. The molecular formula is C20H21Cl2N3OS. The maximum absolute atomic E-state index is 12.9. The van der Waals surface area contributed by atoms with Gasteiger partial charge in [-0.15, -0.1) is 10.2 Å². The molecule has 4 aliphatic carbocycles.